The Morgan fingerprint density at radius 3 is 2.66 bits per heavy atom. The monoisotopic (exact) mass is 387 g/mol. The lowest BCUT2D eigenvalue weighted by atomic mass is 10.0. The van der Waals surface area contributed by atoms with Gasteiger partial charge >= 0.3 is 0 Å². The zero-order valence-electron chi connectivity index (χ0n) is 16.1. The molecule has 0 radical (unpaired) electrons. The van der Waals surface area contributed by atoms with Gasteiger partial charge in [-0.3, -0.25) is 4.79 Å². The Balaban J connectivity index is 1.38. The van der Waals surface area contributed by atoms with Gasteiger partial charge in [-0.2, -0.15) is 4.98 Å². The maximum atomic E-state index is 12.2. The number of carbonyl (C=O) groups excluding carboxylic acids is 1. The quantitative estimate of drug-likeness (QED) is 0.490. The molecular formula is C23H21N3O3. The number of hydrogen-bond donors (Lipinski definition) is 1. The molecule has 1 N–H and O–H groups in total. The first kappa shape index (κ1) is 18.7. The van der Waals surface area contributed by atoms with Crippen LogP contribution in [0.4, 0.5) is 5.69 Å². The van der Waals surface area contributed by atoms with Gasteiger partial charge in [-0.15, -0.1) is 0 Å². The highest BCUT2D eigenvalue weighted by Crippen LogP contribution is 2.26. The molecule has 6 heteroatoms. The van der Waals surface area contributed by atoms with Crippen molar-refractivity contribution in [2.75, 3.05) is 11.9 Å². The maximum Gasteiger partial charge on any atom is 0.227 e. The number of nitrogens with zero attached hydrogens (tertiary/aromatic N) is 2. The SMILES string of the molecule is CCOc1ccc(NC(=O)CCc2nc(-c3cccc4ccccc34)no2)cc1. The van der Waals surface area contributed by atoms with Crippen molar-refractivity contribution in [2.45, 2.75) is 19.8 Å². The number of hydrogen-bond acceptors (Lipinski definition) is 5. The molecule has 0 atom stereocenters. The van der Waals surface area contributed by atoms with Crippen molar-refractivity contribution < 1.29 is 14.1 Å². The average molecular weight is 387 g/mol. The lowest BCUT2D eigenvalue weighted by Crippen LogP contribution is -2.12. The van der Waals surface area contributed by atoms with Gasteiger partial charge in [-0.1, -0.05) is 47.6 Å². The van der Waals surface area contributed by atoms with E-state index >= 15 is 0 Å². The second-order valence-electron chi connectivity index (χ2n) is 6.54. The van der Waals surface area contributed by atoms with Crippen LogP contribution in [-0.4, -0.2) is 22.7 Å². The first-order chi connectivity index (χ1) is 14.2. The molecular weight excluding hydrogens is 366 g/mol. The number of rotatable bonds is 7. The smallest absolute Gasteiger partial charge is 0.227 e. The molecule has 146 valence electrons. The van der Waals surface area contributed by atoms with Gasteiger partial charge in [0.15, 0.2) is 0 Å². The van der Waals surface area contributed by atoms with E-state index in [1.54, 1.807) is 0 Å². The standard InChI is InChI=1S/C23H21N3O3/c1-2-28-18-12-10-17(11-13-18)24-21(27)14-15-22-25-23(26-29-22)20-9-5-7-16-6-3-4-8-19(16)20/h3-13H,2,14-15H2,1H3,(H,24,27). The van der Waals surface area contributed by atoms with Crippen molar-refractivity contribution in [1.29, 1.82) is 0 Å². The second kappa shape index (κ2) is 8.56. The van der Waals surface area contributed by atoms with Crippen LogP contribution in [0.25, 0.3) is 22.2 Å². The van der Waals surface area contributed by atoms with Gasteiger partial charge in [0.2, 0.25) is 17.6 Å². The van der Waals surface area contributed by atoms with Gasteiger partial charge in [0.1, 0.15) is 5.75 Å². The van der Waals surface area contributed by atoms with Gasteiger partial charge in [-0.05, 0) is 42.0 Å². The van der Waals surface area contributed by atoms with Crippen molar-refractivity contribution in [3.05, 3.63) is 72.6 Å². The predicted molar refractivity (Wildman–Crippen MR) is 112 cm³/mol. The summed E-state index contributed by atoms with van der Waals surface area (Å²) in [6, 6.07) is 21.3. The van der Waals surface area contributed by atoms with Crippen molar-refractivity contribution in [3.63, 3.8) is 0 Å². The molecule has 0 fully saturated rings. The van der Waals surface area contributed by atoms with E-state index in [-0.39, 0.29) is 12.3 Å². The first-order valence-corrected chi connectivity index (χ1v) is 9.56. The summed E-state index contributed by atoms with van der Waals surface area (Å²) in [7, 11) is 0. The van der Waals surface area contributed by atoms with Crippen LogP contribution >= 0.6 is 0 Å². The summed E-state index contributed by atoms with van der Waals surface area (Å²) in [6.45, 7) is 2.54. The molecule has 0 aliphatic rings. The van der Waals surface area contributed by atoms with E-state index in [9.17, 15) is 4.79 Å². The molecule has 4 aromatic rings. The van der Waals surface area contributed by atoms with Gasteiger partial charge in [-0.25, -0.2) is 0 Å². The summed E-state index contributed by atoms with van der Waals surface area (Å²) in [5, 5.41) is 9.14. The van der Waals surface area contributed by atoms with E-state index in [0.29, 0.717) is 24.7 Å². The average Bonchev–Trinajstić information content (AvgIpc) is 3.22. The van der Waals surface area contributed by atoms with Crippen LogP contribution in [-0.2, 0) is 11.2 Å². The Bertz CT molecular complexity index is 1110. The molecule has 1 heterocycles. The minimum absolute atomic E-state index is 0.112. The van der Waals surface area contributed by atoms with Crippen LogP contribution in [0.2, 0.25) is 0 Å². The highest BCUT2D eigenvalue weighted by molar-refractivity contribution is 5.95. The number of aryl methyl sites for hydroxylation is 1. The number of ether oxygens (including phenoxy) is 1. The maximum absolute atomic E-state index is 12.2. The minimum Gasteiger partial charge on any atom is -0.494 e. The molecule has 0 aliphatic heterocycles. The summed E-state index contributed by atoms with van der Waals surface area (Å²) >= 11 is 0. The molecule has 3 aromatic carbocycles. The van der Waals surface area contributed by atoms with Crippen LogP contribution in [0.5, 0.6) is 5.75 Å². The van der Waals surface area contributed by atoms with Crippen molar-refractivity contribution in [1.82, 2.24) is 10.1 Å². The number of carbonyl (C=O) groups is 1. The fraction of sp³-hybridized carbons (Fsp3) is 0.174. The third-order valence-electron chi connectivity index (χ3n) is 4.51. The van der Waals surface area contributed by atoms with Crippen LogP contribution in [0.15, 0.2) is 71.3 Å². The number of anilines is 1. The molecule has 0 aliphatic carbocycles. The molecule has 4 rings (SSSR count). The third-order valence-corrected chi connectivity index (χ3v) is 4.51. The third kappa shape index (κ3) is 4.43. The van der Waals surface area contributed by atoms with Gasteiger partial charge < -0.3 is 14.6 Å². The van der Waals surface area contributed by atoms with E-state index < -0.39 is 0 Å². The van der Waals surface area contributed by atoms with E-state index in [1.807, 2.05) is 73.7 Å². The molecule has 29 heavy (non-hydrogen) atoms. The Labute approximate surface area is 168 Å². The van der Waals surface area contributed by atoms with Gasteiger partial charge in [0.25, 0.3) is 0 Å². The molecule has 6 nitrogen and oxygen atoms in total. The Hall–Kier alpha value is -3.67. The number of benzene rings is 3. The number of aromatic nitrogens is 2. The van der Waals surface area contributed by atoms with Crippen LogP contribution in [0, 0.1) is 0 Å². The van der Waals surface area contributed by atoms with E-state index in [1.165, 1.54) is 0 Å². The summed E-state index contributed by atoms with van der Waals surface area (Å²) < 4.78 is 10.7. The van der Waals surface area contributed by atoms with Crippen molar-refractivity contribution in [2.24, 2.45) is 0 Å². The number of amides is 1. The fourth-order valence-electron chi connectivity index (χ4n) is 3.13. The molecule has 1 aromatic heterocycles. The van der Waals surface area contributed by atoms with Crippen molar-refractivity contribution >= 4 is 22.4 Å². The Morgan fingerprint density at radius 2 is 1.83 bits per heavy atom. The normalized spacial score (nSPS) is 10.8. The van der Waals surface area contributed by atoms with E-state index in [2.05, 4.69) is 15.5 Å². The highest BCUT2D eigenvalue weighted by atomic mass is 16.5. The summed E-state index contributed by atoms with van der Waals surface area (Å²) in [4.78, 5) is 16.7. The van der Waals surface area contributed by atoms with Gasteiger partial charge in [0, 0.05) is 24.1 Å². The van der Waals surface area contributed by atoms with Crippen molar-refractivity contribution in [3.8, 4) is 17.1 Å². The van der Waals surface area contributed by atoms with Gasteiger partial charge in [0.05, 0.1) is 6.61 Å². The van der Waals surface area contributed by atoms with Crippen LogP contribution < -0.4 is 10.1 Å². The fourth-order valence-corrected chi connectivity index (χ4v) is 3.13. The molecule has 0 saturated carbocycles. The molecule has 0 spiro atoms. The number of fused-ring (bicyclic) bond motifs is 1. The molecule has 0 bridgehead atoms. The zero-order chi connectivity index (χ0) is 20.1. The Morgan fingerprint density at radius 1 is 1.03 bits per heavy atom. The molecule has 1 amide bonds. The topological polar surface area (TPSA) is 77.2 Å². The lowest BCUT2D eigenvalue weighted by Gasteiger charge is -2.06. The summed E-state index contributed by atoms with van der Waals surface area (Å²) in [6.07, 6.45) is 0.630. The Kier molecular flexibility index (Phi) is 5.52. The van der Waals surface area contributed by atoms with E-state index in [4.69, 9.17) is 9.26 Å². The minimum atomic E-state index is -0.112. The first-order valence-electron chi connectivity index (χ1n) is 9.56. The molecule has 0 unspecified atom stereocenters. The second-order valence-corrected chi connectivity index (χ2v) is 6.54. The lowest BCUT2D eigenvalue weighted by molar-refractivity contribution is -0.116. The van der Waals surface area contributed by atoms with E-state index in [0.717, 1.165) is 27.8 Å². The zero-order valence-corrected chi connectivity index (χ0v) is 16.1. The predicted octanol–water partition coefficient (Wildman–Crippen LogP) is 4.86. The summed E-state index contributed by atoms with van der Waals surface area (Å²) in [5.41, 5.74) is 1.64. The highest BCUT2D eigenvalue weighted by Gasteiger charge is 2.13. The largest absolute Gasteiger partial charge is 0.494 e. The van der Waals surface area contributed by atoms with Crippen LogP contribution in [0.3, 0.4) is 0 Å². The summed E-state index contributed by atoms with van der Waals surface area (Å²) in [5.74, 6) is 1.63. The van der Waals surface area contributed by atoms with Crippen LogP contribution in [0.1, 0.15) is 19.2 Å². The number of nitrogens with one attached hydrogen (secondary N) is 1. The molecule has 0 saturated heterocycles.